The molecule has 9 heteroatoms. The number of carbonyl (C=O) groups is 2. The fourth-order valence-corrected chi connectivity index (χ4v) is 0.342. The summed E-state index contributed by atoms with van der Waals surface area (Å²) in [5, 5.41) is 24.0. The first kappa shape index (κ1) is 10.6. The van der Waals surface area contributed by atoms with Crippen molar-refractivity contribution in [3.05, 3.63) is 10.1 Å². The average Bonchev–Trinajstić information content (AvgIpc) is 1.98. The molecule has 0 aliphatic carbocycles. The molecular formula is C4H3N3O6. The smallest absolute Gasteiger partial charge is 0.351 e. The van der Waals surface area contributed by atoms with Crippen LogP contribution in [-0.4, -0.2) is 27.2 Å². The van der Waals surface area contributed by atoms with Gasteiger partial charge in [0.1, 0.15) is 6.42 Å². The van der Waals surface area contributed by atoms with Gasteiger partial charge in [-0.3, -0.25) is 9.63 Å². The van der Waals surface area contributed by atoms with Crippen LogP contribution in [0.15, 0.2) is 0 Å². The van der Waals surface area contributed by atoms with Crippen LogP contribution < -0.4 is 0 Å². The molecule has 0 heterocycles. The van der Waals surface area contributed by atoms with E-state index in [9.17, 15) is 19.7 Å². The average molecular weight is 189 g/mol. The molecule has 0 saturated heterocycles. The fourth-order valence-electron chi connectivity index (χ4n) is 0.342. The van der Waals surface area contributed by atoms with Gasteiger partial charge >= 0.3 is 11.9 Å². The highest BCUT2D eigenvalue weighted by Gasteiger charge is 2.21. The molecule has 0 spiro atoms. The lowest BCUT2D eigenvalue weighted by molar-refractivity contribution is -0.702. The van der Waals surface area contributed by atoms with E-state index in [-0.39, 0.29) is 0 Å². The summed E-state index contributed by atoms with van der Waals surface area (Å²) in [6.07, 6.45) is -0.146. The maximum atomic E-state index is 10.4. The van der Waals surface area contributed by atoms with E-state index in [2.05, 4.69) is 4.84 Å². The van der Waals surface area contributed by atoms with Gasteiger partial charge in [0.15, 0.2) is 5.17 Å². The first-order valence-electron chi connectivity index (χ1n) is 2.74. The van der Waals surface area contributed by atoms with E-state index in [0.29, 0.717) is 0 Å². The highest BCUT2D eigenvalue weighted by molar-refractivity contribution is 5.89. The van der Waals surface area contributed by atoms with Crippen molar-refractivity contribution in [2.24, 2.45) is 0 Å². The lowest BCUT2D eigenvalue weighted by Gasteiger charge is -2.01. The minimum absolute atomic E-state index is 0.536. The van der Waals surface area contributed by atoms with Gasteiger partial charge in [-0.1, -0.05) is 0 Å². The van der Waals surface area contributed by atoms with Gasteiger partial charge in [0, 0.05) is 0 Å². The minimum atomic E-state index is -1.51. The number of aliphatic carboxylic acids is 1. The standard InChI is InChI=1S/C4H3N3O6/c5-2-6(7(11)12)13-4(10)1-3(8)9/h1H2,(H,8,9). The molecule has 0 bridgehead atoms. The van der Waals surface area contributed by atoms with E-state index in [1.165, 1.54) is 0 Å². The van der Waals surface area contributed by atoms with Gasteiger partial charge in [-0.2, -0.15) is 5.26 Å². The van der Waals surface area contributed by atoms with E-state index >= 15 is 0 Å². The number of nitriles is 1. The van der Waals surface area contributed by atoms with Crippen molar-refractivity contribution in [2.75, 3.05) is 0 Å². The normalized spacial score (nSPS) is 8.23. The second kappa shape index (κ2) is 4.50. The summed E-state index contributed by atoms with van der Waals surface area (Å²) in [7, 11) is 0. The van der Waals surface area contributed by atoms with Crippen molar-refractivity contribution >= 4 is 11.9 Å². The molecule has 0 saturated carbocycles. The highest BCUT2D eigenvalue weighted by Crippen LogP contribution is 1.92. The van der Waals surface area contributed by atoms with Crippen molar-refractivity contribution in [3.8, 4) is 6.19 Å². The Kier molecular flexibility index (Phi) is 3.68. The Morgan fingerprint density at radius 2 is 2.23 bits per heavy atom. The summed E-state index contributed by atoms with van der Waals surface area (Å²) in [5.74, 6) is -2.91. The van der Waals surface area contributed by atoms with Crippen molar-refractivity contribution in [2.45, 2.75) is 6.42 Å². The maximum Gasteiger partial charge on any atom is 0.351 e. The van der Waals surface area contributed by atoms with Crippen LogP contribution in [0.3, 0.4) is 0 Å². The SMILES string of the molecule is N#CN(OC(=O)CC(=O)O)[N+](=O)[O-]. The van der Waals surface area contributed by atoms with Crippen molar-refractivity contribution in [1.29, 1.82) is 5.26 Å². The number of hydroxylamine groups is 1. The maximum absolute atomic E-state index is 10.4. The number of hydrogen-bond acceptors (Lipinski definition) is 6. The molecule has 0 aliphatic heterocycles. The number of nitrogens with zero attached hydrogens (tertiary/aromatic N) is 3. The largest absolute Gasteiger partial charge is 0.481 e. The number of carbonyl (C=O) groups excluding carboxylic acids is 1. The van der Waals surface area contributed by atoms with E-state index in [0.717, 1.165) is 6.19 Å². The van der Waals surface area contributed by atoms with Crippen molar-refractivity contribution in [3.63, 3.8) is 0 Å². The zero-order chi connectivity index (χ0) is 10.4. The molecule has 0 radical (unpaired) electrons. The van der Waals surface area contributed by atoms with Gasteiger partial charge in [-0.15, -0.1) is 0 Å². The molecule has 1 N–H and O–H groups in total. The summed E-state index contributed by atoms with van der Waals surface area (Å²) in [5.41, 5.74) is 0. The van der Waals surface area contributed by atoms with Crippen LogP contribution in [0.2, 0.25) is 0 Å². The molecule has 0 aromatic heterocycles. The quantitative estimate of drug-likeness (QED) is 0.193. The Morgan fingerprint density at radius 1 is 1.69 bits per heavy atom. The lowest BCUT2D eigenvalue weighted by Crippen LogP contribution is -2.29. The van der Waals surface area contributed by atoms with Crippen LogP contribution in [0.5, 0.6) is 0 Å². The van der Waals surface area contributed by atoms with Crippen molar-refractivity contribution in [1.82, 2.24) is 5.17 Å². The molecular weight excluding hydrogens is 186 g/mol. The van der Waals surface area contributed by atoms with E-state index in [1.807, 2.05) is 0 Å². The van der Waals surface area contributed by atoms with E-state index in [4.69, 9.17) is 10.4 Å². The minimum Gasteiger partial charge on any atom is -0.481 e. The third kappa shape index (κ3) is 4.14. The fraction of sp³-hybridized carbons (Fsp3) is 0.250. The molecule has 13 heavy (non-hydrogen) atoms. The van der Waals surface area contributed by atoms with Gasteiger partial charge in [0.05, 0.1) is 0 Å². The summed E-state index contributed by atoms with van der Waals surface area (Å²) in [4.78, 5) is 33.9. The predicted octanol–water partition coefficient (Wildman–Crippen LogP) is -1.11. The molecule has 0 atom stereocenters. The van der Waals surface area contributed by atoms with Gasteiger partial charge in [-0.05, 0) is 0 Å². The lowest BCUT2D eigenvalue weighted by atomic mass is 10.5. The number of carboxylic acid groups (broad SMARTS) is 1. The number of nitro groups is 1. The van der Waals surface area contributed by atoms with Crippen LogP contribution in [0.25, 0.3) is 0 Å². The highest BCUT2D eigenvalue weighted by atomic mass is 16.8. The summed E-state index contributed by atoms with van der Waals surface area (Å²) in [6, 6.07) is 0. The molecule has 0 aliphatic rings. The summed E-state index contributed by atoms with van der Waals surface area (Å²) < 4.78 is 0. The van der Waals surface area contributed by atoms with Gasteiger partial charge in [0.25, 0.3) is 6.19 Å². The van der Waals surface area contributed by atoms with Crippen LogP contribution in [0, 0.1) is 21.6 Å². The van der Waals surface area contributed by atoms with Crippen LogP contribution in [-0.2, 0) is 14.4 Å². The van der Waals surface area contributed by atoms with Gasteiger partial charge < -0.3 is 5.11 Å². The second-order valence-corrected chi connectivity index (χ2v) is 1.64. The third-order valence-corrected chi connectivity index (χ3v) is 0.718. The first-order chi connectivity index (χ1) is 5.97. The van der Waals surface area contributed by atoms with Gasteiger partial charge in [0.2, 0.25) is 5.03 Å². The third-order valence-electron chi connectivity index (χ3n) is 0.718. The predicted molar refractivity (Wildman–Crippen MR) is 32.8 cm³/mol. The van der Waals surface area contributed by atoms with E-state index in [1.54, 1.807) is 0 Å². The number of carboxylic acids is 1. The Balaban J connectivity index is 4.12. The van der Waals surface area contributed by atoms with Crippen molar-refractivity contribution < 1.29 is 24.6 Å². The Morgan fingerprint density at radius 3 is 2.54 bits per heavy atom. The molecule has 0 rings (SSSR count). The molecule has 0 aromatic carbocycles. The zero-order valence-corrected chi connectivity index (χ0v) is 6.04. The monoisotopic (exact) mass is 189 g/mol. The molecule has 9 nitrogen and oxygen atoms in total. The first-order valence-corrected chi connectivity index (χ1v) is 2.74. The Bertz CT molecular complexity index is 280. The second-order valence-electron chi connectivity index (χ2n) is 1.64. The summed E-state index contributed by atoms with van der Waals surface area (Å²) >= 11 is 0. The zero-order valence-electron chi connectivity index (χ0n) is 6.04. The molecule has 0 unspecified atom stereocenters. The Hall–Kier alpha value is -2.37. The number of hydrazine groups is 1. The van der Waals surface area contributed by atoms with E-state index < -0.39 is 28.6 Å². The molecule has 70 valence electrons. The number of rotatable bonds is 4. The summed E-state index contributed by atoms with van der Waals surface area (Å²) in [6.45, 7) is 0. The molecule has 0 amide bonds. The topological polar surface area (TPSA) is 134 Å². The van der Waals surface area contributed by atoms with Crippen LogP contribution in [0.4, 0.5) is 0 Å². The van der Waals surface area contributed by atoms with Gasteiger partial charge in [-0.25, -0.2) is 14.9 Å². The number of hydrogen-bond donors (Lipinski definition) is 1. The molecule has 0 fully saturated rings. The molecule has 0 aromatic rings. The Labute approximate surface area is 70.8 Å². The van der Waals surface area contributed by atoms with Crippen LogP contribution in [0.1, 0.15) is 6.42 Å². The van der Waals surface area contributed by atoms with Crippen LogP contribution >= 0.6 is 0 Å².